The third-order valence-corrected chi connectivity index (χ3v) is 3.53. The summed E-state index contributed by atoms with van der Waals surface area (Å²) in [5, 5.41) is 2.63. The Bertz CT molecular complexity index is 535. The Balaban J connectivity index is 1.67. The van der Waals surface area contributed by atoms with Gasteiger partial charge in [-0.2, -0.15) is 0 Å². The van der Waals surface area contributed by atoms with E-state index in [0.29, 0.717) is 32.8 Å². The number of carbonyl (C=O) groups excluding carboxylic acids is 3. The second-order valence-corrected chi connectivity index (χ2v) is 5.05. The van der Waals surface area contributed by atoms with Crippen molar-refractivity contribution >= 4 is 17.9 Å². The van der Waals surface area contributed by atoms with Crippen molar-refractivity contribution in [1.29, 1.82) is 0 Å². The van der Waals surface area contributed by atoms with Crippen LogP contribution in [0.2, 0.25) is 0 Å². The van der Waals surface area contributed by atoms with Crippen LogP contribution in [0.1, 0.15) is 23.9 Å². The van der Waals surface area contributed by atoms with E-state index in [2.05, 4.69) is 5.32 Å². The Labute approximate surface area is 134 Å². The van der Waals surface area contributed by atoms with Gasteiger partial charge in [0.05, 0.1) is 12.9 Å². The van der Waals surface area contributed by atoms with Gasteiger partial charge in [0.25, 0.3) is 5.91 Å². The van der Waals surface area contributed by atoms with Gasteiger partial charge in [0.15, 0.2) is 5.76 Å². The summed E-state index contributed by atoms with van der Waals surface area (Å²) < 4.78 is 9.90. The molecule has 3 amide bonds. The van der Waals surface area contributed by atoms with Crippen molar-refractivity contribution in [2.45, 2.75) is 13.3 Å². The van der Waals surface area contributed by atoms with Crippen molar-refractivity contribution in [3.63, 3.8) is 0 Å². The van der Waals surface area contributed by atoms with Gasteiger partial charge >= 0.3 is 6.09 Å². The first-order valence-corrected chi connectivity index (χ1v) is 7.63. The molecule has 1 aliphatic heterocycles. The number of nitrogens with one attached hydrogen (secondary N) is 1. The lowest BCUT2D eigenvalue weighted by Gasteiger charge is -2.34. The molecule has 0 saturated carbocycles. The van der Waals surface area contributed by atoms with Crippen LogP contribution in [0.3, 0.4) is 0 Å². The first-order valence-electron chi connectivity index (χ1n) is 7.63. The largest absolute Gasteiger partial charge is 0.459 e. The zero-order valence-electron chi connectivity index (χ0n) is 13.1. The van der Waals surface area contributed by atoms with E-state index < -0.39 is 0 Å². The summed E-state index contributed by atoms with van der Waals surface area (Å²) in [5.41, 5.74) is 0. The Kier molecular flexibility index (Phi) is 6.02. The molecule has 2 rings (SSSR count). The smallest absolute Gasteiger partial charge is 0.409 e. The van der Waals surface area contributed by atoms with Crippen LogP contribution < -0.4 is 5.32 Å². The Morgan fingerprint density at radius 1 is 1.22 bits per heavy atom. The van der Waals surface area contributed by atoms with E-state index in [4.69, 9.17) is 9.15 Å². The Morgan fingerprint density at radius 3 is 2.52 bits per heavy atom. The maximum Gasteiger partial charge on any atom is 0.409 e. The van der Waals surface area contributed by atoms with E-state index in [0.717, 1.165) is 0 Å². The fourth-order valence-electron chi connectivity index (χ4n) is 2.29. The highest BCUT2D eigenvalue weighted by Crippen LogP contribution is 2.06. The molecule has 0 aromatic carbocycles. The average Bonchev–Trinajstić information content (AvgIpc) is 3.09. The third kappa shape index (κ3) is 4.73. The van der Waals surface area contributed by atoms with E-state index in [1.807, 2.05) is 0 Å². The van der Waals surface area contributed by atoms with Crippen molar-refractivity contribution in [3.05, 3.63) is 24.2 Å². The fourth-order valence-corrected chi connectivity index (χ4v) is 2.29. The quantitative estimate of drug-likeness (QED) is 0.861. The number of ether oxygens (including phenoxy) is 1. The molecule has 23 heavy (non-hydrogen) atoms. The number of furan rings is 1. The predicted octanol–water partition coefficient (Wildman–Crippen LogP) is 0.700. The lowest BCUT2D eigenvalue weighted by Crippen LogP contribution is -2.51. The van der Waals surface area contributed by atoms with Crippen LogP contribution >= 0.6 is 0 Å². The number of hydrogen-bond donors (Lipinski definition) is 1. The molecule has 8 heteroatoms. The molecule has 1 aliphatic rings. The Morgan fingerprint density at radius 2 is 1.91 bits per heavy atom. The molecule has 1 aromatic heterocycles. The topological polar surface area (TPSA) is 92.1 Å². The van der Waals surface area contributed by atoms with Crippen LogP contribution in [0.4, 0.5) is 4.79 Å². The van der Waals surface area contributed by atoms with Crippen molar-refractivity contribution in [3.8, 4) is 0 Å². The van der Waals surface area contributed by atoms with Gasteiger partial charge in [0.1, 0.15) is 0 Å². The van der Waals surface area contributed by atoms with Crippen LogP contribution in [0, 0.1) is 0 Å². The maximum absolute atomic E-state index is 12.1. The molecule has 126 valence electrons. The van der Waals surface area contributed by atoms with Crippen LogP contribution in [0.5, 0.6) is 0 Å². The van der Waals surface area contributed by atoms with E-state index in [1.54, 1.807) is 28.9 Å². The van der Waals surface area contributed by atoms with Crippen molar-refractivity contribution < 1.29 is 23.5 Å². The summed E-state index contributed by atoms with van der Waals surface area (Å²) in [5.74, 6) is -0.163. The zero-order valence-corrected chi connectivity index (χ0v) is 13.1. The van der Waals surface area contributed by atoms with Gasteiger partial charge in [0.2, 0.25) is 5.91 Å². The van der Waals surface area contributed by atoms with Crippen LogP contribution in [-0.4, -0.2) is 67.0 Å². The monoisotopic (exact) mass is 323 g/mol. The molecule has 0 atom stereocenters. The second kappa shape index (κ2) is 8.21. The Hall–Kier alpha value is -2.51. The minimum Gasteiger partial charge on any atom is -0.459 e. The number of nitrogens with zero attached hydrogens (tertiary/aromatic N) is 2. The molecule has 1 aromatic rings. The highest BCUT2D eigenvalue weighted by molar-refractivity contribution is 5.91. The first-order chi connectivity index (χ1) is 11.1. The van der Waals surface area contributed by atoms with E-state index in [1.165, 1.54) is 6.26 Å². The molecular formula is C15H21N3O5. The van der Waals surface area contributed by atoms with Crippen molar-refractivity contribution in [1.82, 2.24) is 15.1 Å². The standard InChI is InChI=1S/C15H21N3O5/c1-2-22-15(21)18-9-7-17(8-10-18)13(19)5-6-16-14(20)12-4-3-11-23-12/h3-4,11H,2,5-10H2,1H3,(H,16,20). The van der Waals surface area contributed by atoms with E-state index in [-0.39, 0.29) is 36.6 Å². The van der Waals surface area contributed by atoms with Gasteiger partial charge in [-0.1, -0.05) is 0 Å². The van der Waals surface area contributed by atoms with Crippen LogP contribution in [0.15, 0.2) is 22.8 Å². The summed E-state index contributed by atoms with van der Waals surface area (Å²) in [6.45, 7) is 4.22. The van der Waals surface area contributed by atoms with Crippen molar-refractivity contribution in [2.75, 3.05) is 39.3 Å². The molecule has 0 spiro atoms. The minimum atomic E-state index is -0.342. The van der Waals surface area contributed by atoms with Crippen molar-refractivity contribution in [2.24, 2.45) is 0 Å². The minimum absolute atomic E-state index is 0.0479. The number of amides is 3. The number of piperazine rings is 1. The van der Waals surface area contributed by atoms with Crippen LogP contribution in [-0.2, 0) is 9.53 Å². The summed E-state index contributed by atoms with van der Waals surface area (Å²) in [6, 6.07) is 3.19. The second-order valence-electron chi connectivity index (χ2n) is 5.05. The summed E-state index contributed by atoms with van der Waals surface area (Å²) in [4.78, 5) is 38.6. The molecule has 1 saturated heterocycles. The van der Waals surface area contributed by atoms with Gasteiger partial charge in [-0.05, 0) is 19.1 Å². The molecular weight excluding hydrogens is 302 g/mol. The lowest BCUT2D eigenvalue weighted by atomic mass is 10.3. The number of carbonyl (C=O) groups is 3. The lowest BCUT2D eigenvalue weighted by molar-refractivity contribution is -0.132. The molecule has 0 unspecified atom stereocenters. The van der Waals surface area contributed by atoms with Gasteiger partial charge in [0, 0.05) is 39.1 Å². The fraction of sp³-hybridized carbons (Fsp3) is 0.533. The molecule has 0 aliphatic carbocycles. The summed E-state index contributed by atoms with van der Waals surface area (Å²) in [6.07, 6.45) is 1.29. The molecule has 0 bridgehead atoms. The molecule has 8 nitrogen and oxygen atoms in total. The number of hydrogen-bond acceptors (Lipinski definition) is 5. The molecule has 2 heterocycles. The third-order valence-electron chi connectivity index (χ3n) is 3.53. The van der Waals surface area contributed by atoms with Gasteiger partial charge in [-0.25, -0.2) is 4.79 Å². The summed E-state index contributed by atoms with van der Waals surface area (Å²) >= 11 is 0. The van der Waals surface area contributed by atoms with Crippen LogP contribution in [0.25, 0.3) is 0 Å². The zero-order chi connectivity index (χ0) is 16.7. The number of rotatable bonds is 5. The molecule has 1 fully saturated rings. The van der Waals surface area contributed by atoms with Gasteiger partial charge in [-0.15, -0.1) is 0 Å². The highest BCUT2D eigenvalue weighted by Gasteiger charge is 2.24. The molecule has 0 radical (unpaired) electrons. The SMILES string of the molecule is CCOC(=O)N1CCN(C(=O)CCNC(=O)c2ccco2)CC1. The van der Waals surface area contributed by atoms with E-state index >= 15 is 0 Å². The van der Waals surface area contributed by atoms with E-state index in [9.17, 15) is 14.4 Å². The van der Waals surface area contributed by atoms with Gasteiger partial charge in [-0.3, -0.25) is 9.59 Å². The first kappa shape index (κ1) is 16.9. The average molecular weight is 323 g/mol. The van der Waals surface area contributed by atoms with Gasteiger partial charge < -0.3 is 24.3 Å². The molecule has 1 N–H and O–H groups in total. The summed E-state index contributed by atoms with van der Waals surface area (Å²) in [7, 11) is 0. The predicted molar refractivity (Wildman–Crippen MR) is 80.8 cm³/mol. The highest BCUT2D eigenvalue weighted by atomic mass is 16.6. The maximum atomic E-state index is 12.1. The normalized spacial score (nSPS) is 14.5.